The molecule has 0 N–H and O–H groups in total. The van der Waals surface area contributed by atoms with Crippen LogP contribution in [0.2, 0.25) is 0 Å². The third-order valence-electron chi connectivity index (χ3n) is 5.25. The van der Waals surface area contributed by atoms with E-state index >= 15 is 0 Å². The van der Waals surface area contributed by atoms with Gasteiger partial charge in [-0.3, -0.25) is 4.79 Å². The molecule has 0 atom stereocenters. The normalized spacial score (nSPS) is 11.6. The van der Waals surface area contributed by atoms with E-state index in [1.807, 2.05) is 72.8 Å². The van der Waals surface area contributed by atoms with Crippen molar-refractivity contribution in [2.45, 2.75) is 6.61 Å². The molecule has 3 aromatic carbocycles. The van der Waals surface area contributed by atoms with Gasteiger partial charge < -0.3 is 14.2 Å². The fourth-order valence-electron chi connectivity index (χ4n) is 3.48. The van der Waals surface area contributed by atoms with Crippen molar-refractivity contribution in [1.82, 2.24) is 14.6 Å². The van der Waals surface area contributed by atoms with Gasteiger partial charge in [-0.15, -0.1) is 5.10 Å². The molecular weight excluding hydrogens is 450 g/mol. The van der Waals surface area contributed by atoms with Gasteiger partial charge in [0, 0.05) is 5.56 Å². The van der Waals surface area contributed by atoms with Crippen LogP contribution in [0, 0.1) is 0 Å². The predicted molar refractivity (Wildman–Crippen MR) is 132 cm³/mol. The first-order chi connectivity index (χ1) is 16.6. The Kier molecular flexibility index (Phi) is 5.97. The molecule has 0 aliphatic rings. The van der Waals surface area contributed by atoms with E-state index in [1.54, 1.807) is 20.3 Å². The summed E-state index contributed by atoms with van der Waals surface area (Å²) in [6.07, 6.45) is 1.81. The van der Waals surface area contributed by atoms with Crippen LogP contribution in [0.1, 0.15) is 11.1 Å². The van der Waals surface area contributed by atoms with E-state index in [0.717, 1.165) is 22.4 Å². The van der Waals surface area contributed by atoms with Crippen LogP contribution in [0.25, 0.3) is 22.4 Å². The van der Waals surface area contributed by atoms with E-state index in [0.29, 0.717) is 33.4 Å². The Morgan fingerprint density at radius 1 is 0.941 bits per heavy atom. The van der Waals surface area contributed by atoms with E-state index in [-0.39, 0.29) is 5.56 Å². The van der Waals surface area contributed by atoms with Crippen LogP contribution in [0.4, 0.5) is 0 Å². The maximum absolute atomic E-state index is 12.9. The Morgan fingerprint density at radius 2 is 1.74 bits per heavy atom. The number of benzene rings is 3. The summed E-state index contributed by atoms with van der Waals surface area (Å²) in [5.74, 6) is 2.48. The van der Waals surface area contributed by atoms with Crippen molar-refractivity contribution in [3.8, 4) is 28.6 Å². The number of fused-ring (bicyclic) bond motifs is 1. The molecule has 34 heavy (non-hydrogen) atoms. The number of hydrogen-bond donors (Lipinski definition) is 0. The maximum atomic E-state index is 12.9. The average molecular weight is 472 g/mol. The summed E-state index contributed by atoms with van der Waals surface area (Å²) in [6, 6.07) is 22.9. The minimum Gasteiger partial charge on any atom is -0.497 e. The first-order valence-corrected chi connectivity index (χ1v) is 11.4. The number of ether oxygens (including phenoxy) is 3. The van der Waals surface area contributed by atoms with Gasteiger partial charge in [-0.05, 0) is 53.6 Å². The SMILES string of the molecule is COc1ccc(-c2nc3s/c(=C\c4ccc(OCc5ccccc5)c(OC)c4)c(=O)n3n2)cc1. The standard InChI is InChI=1S/C26H21N3O4S/c1-31-20-11-9-19(10-12-20)24-27-26-29(28-24)25(30)23(34-26)15-18-8-13-21(22(14-18)32-2)33-16-17-6-4-3-5-7-17/h3-15H,16H2,1-2H3/b23-15-. The van der Waals surface area contributed by atoms with Crippen molar-refractivity contribution >= 4 is 22.4 Å². The summed E-state index contributed by atoms with van der Waals surface area (Å²) in [6.45, 7) is 0.440. The molecule has 8 heteroatoms. The van der Waals surface area contributed by atoms with Crippen molar-refractivity contribution in [3.05, 3.63) is 98.8 Å². The van der Waals surface area contributed by atoms with Gasteiger partial charge in [-0.25, -0.2) is 0 Å². The Morgan fingerprint density at radius 3 is 2.44 bits per heavy atom. The molecule has 0 unspecified atom stereocenters. The number of methoxy groups -OCH3 is 2. The highest BCUT2D eigenvalue weighted by Gasteiger charge is 2.13. The van der Waals surface area contributed by atoms with Crippen molar-refractivity contribution in [3.63, 3.8) is 0 Å². The Bertz CT molecular complexity index is 1540. The monoisotopic (exact) mass is 471 g/mol. The molecule has 5 aromatic rings. The molecule has 0 aliphatic carbocycles. The van der Waals surface area contributed by atoms with Crippen LogP contribution in [-0.4, -0.2) is 28.8 Å². The third kappa shape index (κ3) is 4.35. The van der Waals surface area contributed by atoms with Crippen molar-refractivity contribution in [2.24, 2.45) is 0 Å². The molecule has 0 fully saturated rings. The topological polar surface area (TPSA) is 75.0 Å². The van der Waals surface area contributed by atoms with E-state index in [1.165, 1.54) is 15.9 Å². The molecule has 0 aliphatic heterocycles. The van der Waals surface area contributed by atoms with Gasteiger partial charge >= 0.3 is 0 Å². The second-order valence-corrected chi connectivity index (χ2v) is 8.47. The molecule has 0 saturated heterocycles. The Hall–Kier alpha value is -4.17. The summed E-state index contributed by atoms with van der Waals surface area (Å²) in [7, 11) is 3.21. The lowest BCUT2D eigenvalue weighted by atomic mass is 10.2. The van der Waals surface area contributed by atoms with Crippen molar-refractivity contribution < 1.29 is 14.2 Å². The zero-order valence-electron chi connectivity index (χ0n) is 18.6. The first kappa shape index (κ1) is 21.7. The van der Waals surface area contributed by atoms with E-state index in [9.17, 15) is 4.79 Å². The zero-order valence-corrected chi connectivity index (χ0v) is 19.4. The quantitative estimate of drug-likeness (QED) is 0.358. The largest absolute Gasteiger partial charge is 0.497 e. The van der Waals surface area contributed by atoms with Crippen LogP contribution in [-0.2, 0) is 6.61 Å². The van der Waals surface area contributed by atoms with Crippen LogP contribution in [0.5, 0.6) is 17.2 Å². The van der Waals surface area contributed by atoms with Crippen LogP contribution in [0.15, 0.2) is 77.6 Å². The van der Waals surface area contributed by atoms with Gasteiger partial charge in [0.1, 0.15) is 12.4 Å². The fraction of sp³-hybridized carbons (Fsp3) is 0.115. The maximum Gasteiger partial charge on any atom is 0.291 e. The summed E-state index contributed by atoms with van der Waals surface area (Å²) in [5, 5.41) is 4.40. The minimum atomic E-state index is -0.212. The third-order valence-corrected chi connectivity index (χ3v) is 6.21. The number of hydrogen-bond acceptors (Lipinski definition) is 7. The molecule has 0 saturated carbocycles. The number of thiazole rings is 1. The molecule has 2 aromatic heterocycles. The average Bonchev–Trinajstić information content (AvgIpc) is 3.43. The molecule has 0 spiro atoms. The molecular formula is C26H21N3O4S. The second-order valence-electron chi connectivity index (χ2n) is 7.46. The summed E-state index contributed by atoms with van der Waals surface area (Å²) >= 11 is 1.29. The van der Waals surface area contributed by atoms with Gasteiger partial charge in [0.05, 0.1) is 18.8 Å². The Balaban J connectivity index is 1.41. The Labute approximate surface area is 199 Å². The van der Waals surface area contributed by atoms with E-state index in [2.05, 4.69) is 10.1 Å². The molecule has 7 nitrogen and oxygen atoms in total. The molecule has 0 bridgehead atoms. The summed E-state index contributed by atoms with van der Waals surface area (Å²) < 4.78 is 18.5. The lowest BCUT2D eigenvalue weighted by Gasteiger charge is -2.11. The van der Waals surface area contributed by atoms with Gasteiger partial charge in [0.2, 0.25) is 4.96 Å². The van der Waals surface area contributed by atoms with Gasteiger partial charge in [-0.2, -0.15) is 9.50 Å². The van der Waals surface area contributed by atoms with Crippen LogP contribution >= 0.6 is 11.3 Å². The number of nitrogens with zero attached hydrogens (tertiary/aromatic N) is 3. The smallest absolute Gasteiger partial charge is 0.291 e. The van der Waals surface area contributed by atoms with Crippen molar-refractivity contribution in [2.75, 3.05) is 14.2 Å². The van der Waals surface area contributed by atoms with Gasteiger partial charge in [0.15, 0.2) is 17.3 Å². The van der Waals surface area contributed by atoms with Crippen LogP contribution < -0.4 is 24.3 Å². The highest BCUT2D eigenvalue weighted by Crippen LogP contribution is 2.29. The summed E-state index contributed by atoms with van der Waals surface area (Å²) in [5.41, 5.74) is 2.49. The predicted octanol–water partition coefficient (Wildman–Crippen LogP) is 3.96. The highest BCUT2D eigenvalue weighted by molar-refractivity contribution is 7.15. The van der Waals surface area contributed by atoms with E-state index in [4.69, 9.17) is 14.2 Å². The fourth-order valence-corrected chi connectivity index (χ4v) is 4.38. The molecule has 170 valence electrons. The minimum absolute atomic E-state index is 0.212. The van der Waals surface area contributed by atoms with Gasteiger partial charge in [-0.1, -0.05) is 47.7 Å². The lowest BCUT2D eigenvalue weighted by Crippen LogP contribution is -2.23. The molecule has 0 radical (unpaired) electrons. The van der Waals surface area contributed by atoms with Gasteiger partial charge in [0.25, 0.3) is 5.56 Å². The number of rotatable bonds is 7. The summed E-state index contributed by atoms with van der Waals surface area (Å²) in [4.78, 5) is 18.0. The van der Waals surface area contributed by atoms with Crippen molar-refractivity contribution in [1.29, 1.82) is 0 Å². The highest BCUT2D eigenvalue weighted by atomic mass is 32.1. The first-order valence-electron chi connectivity index (χ1n) is 10.5. The lowest BCUT2D eigenvalue weighted by molar-refractivity contribution is 0.284. The van der Waals surface area contributed by atoms with E-state index < -0.39 is 0 Å². The zero-order chi connectivity index (χ0) is 23.5. The van der Waals surface area contributed by atoms with Crippen LogP contribution in [0.3, 0.4) is 0 Å². The second kappa shape index (κ2) is 9.36. The number of aromatic nitrogens is 3. The molecule has 0 amide bonds. The molecule has 5 rings (SSSR count). The molecule has 2 heterocycles.